The summed E-state index contributed by atoms with van der Waals surface area (Å²) >= 11 is 0. The van der Waals surface area contributed by atoms with Crippen LogP contribution in [0.3, 0.4) is 0 Å². The fraction of sp³-hybridized carbons (Fsp3) is 0.458. The maximum Gasteiger partial charge on any atom is 0.328 e. The Morgan fingerprint density at radius 2 is 1.11 bits per heavy atom. The number of aromatic nitrogens is 2. The molecule has 0 saturated carbocycles. The molecule has 2 amide bonds. The summed E-state index contributed by atoms with van der Waals surface area (Å²) in [7, 11) is 2.75. The zero-order valence-electron chi connectivity index (χ0n) is 38.4. The van der Waals surface area contributed by atoms with Gasteiger partial charge in [0.05, 0.1) is 14.2 Å². The highest BCUT2D eigenvalue weighted by atomic mass is 16.5. The van der Waals surface area contributed by atoms with E-state index in [2.05, 4.69) is 74.2 Å². The van der Waals surface area contributed by atoms with E-state index in [0.29, 0.717) is 0 Å². The number of nitrogens with zero attached hydrogens (tertiary/aromatic N) is 3. The topological polar surface area (TPSA) is 198 Å². The number of pyridine rings is 2. The number of benzene rings is 2. The predicted molar refractivity (Wildman–Crippen MR) is 237 cm³/mol. The summed E-state index contributed by atoms with van der Waals surface area (Å²) in [6, 6.07) is 12.8. The number of hydrogen-bond acceptors (Lipinski definition) is 11. The third-order valence-electron chi connectivity index (χ3n) is 11.1. The number of carboxylic acids is 1. The molecule has 2 aromatic heterocycles. The molecule has 0 radical (unpaired) electrons. The molecule has 6 atom stereocenters. The molecule has 62 heavy (non-hydrogen) atoms. The summed E-state index contributed by atoms with van der Waals surface area (Å²) in [6.07, 6.45) is 2.30. The van der Waals surface area contributed by atoms with E-state index in [1.54, 1.807) is 0 Å². The monoisotopic (exact) mass is 856 g/mol. The number of methoxy groups -OCH3 is 2. The van der Waals surface area contributed by atoms with Gasteiger partial charge in [-0.05, 0) is 89.5 Å². The molecular weight excluding hydrogens is 793 g/mol. The largest absolute Gasteiger partial charge is 0.503 e. The molecule has 0 fully saturated rings. The smallest absolute Gasteiger partial charge is 0.328 e. The minimum Gasteiger partial charge on any atom is -0.503 e. The van der Waals surface area contributed by atoms with Crippen LogP contribution in [0.4, 0.5) is 0 Å². The number of hydrogen-bond donors (Lipinski definition) is 4. The van der Waals surface area contributed by atoms with Crippen molar-refractivity contribution >= 4 is 23.8 Å². The molecule has 0 saturated heterocycles. The van der Waals surface area contributed by atoms with E-state index in [1.807, 2.05) is 46.8 Å². The molecular formula is C48H64N4O10. The van der Waals surface area contributed by atoms with Crippen molar-refractivity contribution in [3.63, 3.8) is 0 Å². The van der Waals surface area contributed by atoms with Crippen LogP contribution in [0.5, 0.6) is 23.0 Å². The zero-order chi connectivity index (χ0) is 46.7. The maximum atomic E-state index is 13.5. The lowest BCUT2D eigenvalue weighted by Crippen LogP contribution is -2.51. The molecule has 2 aromatic carbocycles. The van der Waals surface area contributed by atoms with Gasteiger partial charge in [-0.3, -0.25) is 9.59 Å². The highest BCUT2D eigenvalue weighted by molar-refractivity contribution is 5.98. The van der Waals surface area contributed by atoms with Crippen molar-refractivity contribution in [2.24, 2.45) is 11.8 Å². The number of carbonyl (C=O) groups is 4. The number of ether oxygens (including phenoxy) is 3. The summed E-state index contributed by atoms with van der Waals surface area (Å²) < 4.78 is 15.8. The number of carbonyl (C=O) groups excluding carboxylic acids is 3. The van der Waals surface area contributed by atoms with Gasteiger partial charge >= 0.3 is 11.9 Å². The number of aromatic hydroxyl groups is 2. The number of nitrogens with one attached hydrogen (secondary N) is 1. The number of carboxylic acid groups (broad SMARTS) is 1. The fourth-order valence-electron chi connectivity index (χ4n) is 8.06. The zero-order valence-corrected chi connectivity index (χ0v) is 38.4. The summed E-state index contributed by atoms with van der Waals surface area (Å²) in [6.45, 7) is 23.1. The van der Waals surface area contributed by atoms with Gasteiger partial charge in [0.15, 0.2) is 34.4 Å². The number of rotatable bonds is 16. The molecule has 336 valence electrons. The van der Waals surface area contributed by atoms with E-state index in [-0.39, 0.29) is 52.3 Å². The molecule has 4 rings (SSSR count). The molecule has 14 nitrogen and oxygen atoms in total. The van der Waals surface area contributed by atoms with E-state index >= 15 is 0 Å². The highest BCUT2D eigenvalue weighted by Crippen LogP contribution is 2.37. The maximum absolute atomic E-state index is 13.5. The predicted octanol–water partition coefficient (Wildman–Crippen LogP) is 8.06. The lowest BCUT2D eigenvalue weighted by atomic mass is 9.79. The first kappa shape index (κ1) is 50.2. The molecule has 4 N–H and O–H groups in total. The second kappa shape index (κ2) is 22.1. The fourth-order valence-corrected chi connectivity index (χ4v) is 8.06. The first-order chi connectivity index (χ1) is 29.1. The van der Waals surface area contributed by atoms with Gasteiger partial charge in [0.25, 0.3) is 11.8 Å². The lowest BCUT2D eigenvalue weighted by molar-refractivity contribution is -0.151. The first-order valence-corrected chi connectivity index (χ1v) is 20.7. The second-order valence-corrected chi connectivity index (χ2v) is 16.5. The Labute approximate surface area is 365 Å². The normalized spacial score (nSPS) is 14.0. The van der Waals surface area contributed by atoms with Gasteiger partial charge < -0.3 is 39.7 Å². The highest BCUT2D eigenvalue weighted by Gasteiger charge is 2.39. The van der Waals surface area contributed by atoms with Crippen LogP contribution < -0.4 is 14.8 Å². The van der Waals surface area contributed by atoms with Crippen LogP contribution in [0.25, 0.3) is 0 Å². The van der Waals surface area contributed by atoms with Crippen LogP contribution in [0, 0.1) is 39.5 Å². The Hall–Kier alpha value is -6.18. The number of aryl methyl sites for hydroxylation is 4. The van der Waals surface area contributed by atoms with E-state index in [0.717, 1.165) is 27.8 Å². The van der Waals surface area contributed by atoms with E-state index in [4.69, 9.17) is 14.2 Å². The van der Waals surface area contributed by atoms with Crippen LogP contribution in [0.1, 0.15) is 122 Å². The Bertz CT molecular complexity index is 2210. The molecule has 0 spiro atoms. The summed E-state index contributed by atoms with van der Waals surface area (Å²) in [5.74, 6) is -3.35. The molecule has 2 heterocycles. The molecule has 0 aliphatic rings. The van der Waals surface area contributed by atoms with Crippen molar-refractivity contribution in [3.8, 4) is 23.0 Å². The third-order valence-corrected chi connectivity index (χ3v) is 11.1. The lowest BCUT2D eigenvalue weighted by Gasteiger charge is -2.39. The Balaban J connectivity index is 0.000000330. The van der Waals surface area contributed by atoms with Crippen molar-refractivity contribution in [1.82, 2.24) is 20.2 Å². The van der Waals surface area contributed by atoms with E-state index < -0.39 is 53.7 Å². The molecule has 0 aliphatic carbocycles. The van der Waals surface area contributed by atoms with Crippen LogP contribution in [0.2, 0.25) is 0 Å². The van der Waals surface area contributed by atoms with Crippen molar-refractivity contribution < 1.29 is 48.7 Å². The third kappa shape index (κ3) is 12.0. The minimum atomic E-state index is -1.13. The molecule has 4 aromatic rings. The number of esters is 1. The number of amides is 2. The van der Waals surface area contributed by atoms with Gasteiger partial charge in [-0.15, -0.1) is 0 Å². The number of aliphatic carboxylic acids is 1. The molecule has 14 heteroatoms. The summed E-state index contributed by atoms with van der Waals surface area (Å²) in [4.78, 5) is 59.8. The Kier molecular flexibility index (Phi) is 17.9. The Morgan fingerprint density at radius 1 is 0.661 bits per heavy atom. The van der Waals surface area contributed by atoms with Crippen molar-refractivity contribution in [2.45, 2.75) is 119 Å². The summed E-state index contributed by atoms with van der Waals surface area (Å²) in [5, 5.41) is 32.8. The second-order valence-electron chi connectivity index (χ2n) is 16.5. The quantitative estimate of drug-likeness (QED) is 0.0793. The van der Waals surface area contributed by atoms with Crippen LogP contribution in [-0.2, 0) is 14.3 Å². The SMILES string of the molecule is COc1ccnc(C(=O)N(C(C)[C@H](c2ccc(C)cc2C)C(C)C)[C@@H](C)C(=O)O)c1O.COc1ccnc(C(=O)N[C@@H](C)C(=O)O[C@@H](C)[C@H](c2ccc(C)cc2C)C(C)C)c1O. The standard InChI is InChI=1S/2C24H32N2O5/c1-13(2)20(18-9-8-14(3)12-15(18)4)17(6)31-24(29)16(5)26-23(28)21-22(27)19(30-7)10-11-25-21;1-13(2)20(18-9-8-14(3)12-15(18)4)16(5)26(17(6)24(29)30)23(28)21-22(27)19(31-7)10-11-25-21/h8-13,16-17,20,27H,1-7H3,(H,26,28);8-13,16-17,20,27H,1-7H3,(H,29,30)/t16-,17-,20+;16?,17-,20+/m00/s1. The van der Waals surface area contributed by atoms with E-state index in [1.165, 1.54) is 63.1 Å². The van der Waals surface area contributed by atoms with Crippen molar-refractivity contribution in [2.75, 3.05) is 14.2 Å². The van der Waals surface area contributed by atoms with Gasteiger partial charge in [0.1, 0.15) is 18.2 Å². The van der Waals surface area contributed by atoms with Gasteiger partial charge in [0, 0.05) is 42.4 Å². The van der Waals surface area contributed by atoms with Crippen LogP contribution in [0.15, 0.2) is 60.9 Å². The van der Waals surface area contributed by atoms with E-state index in [9.17, 15) is 34.5 Å². The van der Waals surface area contributed by atoms with Crippen molar-refractivity contribution in [1.29, 1.82) is 0 Å². The molecule has 1 unspecified atom stereocenters. The molecule has 0 bridgehead atoms. The first-order valence-electron chi connectivity index (χ1n) is 20.7. The van der Waals surface area contributed by atoms with Crippen LogP contribution in [-0.4, -0.2) is 92.4 Å². The van der Waals surface area contributed by atoms with Gasteiger partial charge in [-0.2, -0.15) is 0 Å². The average Bonchev–Trinajstić information content (AvgIpc) is 3.19. The van der Waals surface area contributed by atoms with Crippen molar-refractivity contribution in [3.05, 3.63) is 106 Å². The summed E-state index contributed by atoms with van der Waals surface area (Å²) in [5.41, 5.74) is 6.30. The van der Waals surface area contributed by atoms with Gasteiger partial charge in [-0.25, -0.2) is 19.6 Å². The average molecular weight is 857 g/mol. The van der Waals surface area contributed by atoms with Gasteiger partial charge in [-0.1, -0.05) is 75.2 Å². The molecule has 0 aliphatic heterocycles. The minimum absolute atomic E-state index is 0.0107. The Morgan fingerprint density at radius 3 is 1.55 bits per heavy atom. The van der Waals surface area contributed by atoms with Crippen LogP contribution >= 0.6 is 0 Å². The van der Waals surface area contributed by atoms with Gasteiger partial charge in [0.2, 0.25) is 0 Å².